The molecule has 1 aliphatic carbocycles. The Hall–Kier alpha value is -1.56. The van der Waals surface area contributed by atoms with Crippen LogP contribution in [-0.2, 0) is 9.59 Å². The minimum atomic E-state index is -0.964. The molecular weight excluding hydrogens is 433 g/mol. The molecule has 0 aromatic heterocycles. The molecule has 2 rings (SSSR count). The first kappa shape index (κ1) is 22.5. The van der Waals surface area contributed by atoms with Crippen molar-refractivity contribution in [2.24, 2.45) is 0 Å². The number of allylic oxidation sites excluding steroid dienone is 2. The number of carbonyl (C=O) groups excluding carboxylic acids is 1. The monoisotopic (exact) mass is 463 g/mol. The molecule has 26 heavy (non-hydrogen) atoms. The van der Waals surface area contributed by atoms with E-state index in [0.29, 0.717) is 5.57 Å². The molecular formula is C21H29NO3Sn. The van der Waals surface area contributed by atoms with Gasteiger partial charge in [-0.1, -0.05) is 30.3 Å². The first-order chi connectivity index (χ1) is 12.6. The number of carboxylic acids is 1. The average Bonchev–Trinajstić information content (AvgIpc) is 2.64. The third-order valence-electron chi connectivity index (χ3n) is 3.84. The maximum absolute atomic E-state index is 11.7. The number of nitrogens with one attached hydrogen (secondary N) is 1. The van der Waals surface area contributed by atoms with Crippen LogP contribution in [0.2, 0.25) is 8.87 Å². The van der Waals surface area contributed by atoms with Crippen LogP contribution >= 0.6 is 0 Å². The first-order valence-corrected chi connectivity index (χ1v) is 13.3. The second-order valence-corrected chi connectivity index (χ2v) is 10.4. The van der Waals surface area contributed by atoms with E-state index in [0.717, 1.165) is 11.1 Å². The summed E-state index contributed by atoms with van der Waals surface area (Å²) in [5.74, 6) is -1.09. The number of rotatable bonds is 9. The molecule has 2 radical (unpaired) electrons. The Bertz CT molecular complexity index is 632. The van der Waals surface area contributed by atoms with Crippen LogP contribution in [0.25, 0.3) is 11.6 Å². The van der Waals surface area contributed by atoms with Crippen LogP contribution in [0.4, 0.5) is 0 Å². The summed E-state index contributed by atoms with van der Waals surface area (Å²) >= 11 is 0.149. The molecule has 0 atom stereocenters. The van der Waals surface area contributed by atoms with Gasteiger partial charge in [-0.25, -0.2) is 0 Å². The number of ketones is 1. The quantitative estimate of drug-likeness (QED) is 0.324. The Kier molecular flexibility index (Phi) is 11.8. The second kappa shape index (κ2) is 13.6. The molecule has 0 bridgehead atoms. The minimum Gasteiger partial charge on any atom is -0.480 e. The molecule has 5 heteroatoms. The number of hydrogen-bond donors (Lipinski definition) is 2. The van der Waals surface area contributed by atoms with Gasteiger partial charge < -0.3 is 10.4 Å². The molecule has 1 aromatic carbocycles. The van der Waals surface area contributed by atoms with E-state index in [1.165, 1.54) is 38.0 Å². The average molecular weight is 462 g/mol. The number of benzene rings is 1. The van der Waals surface area contributed by atoms with Crippen molar-refractivity contribution in [2.45, 2.75) is 48.4 Å². The fourth-order valence-corrected chi connectivity index (χ4v) is 6.55. The van der Waals surface area contributed by atoms with Gasteiger partial charge in [0.1, 0.15) is 6.54 Å². The van der Waals surface area contributed by atoms with E-state index in [1.54, 1.807) is 14.9 Å². The molecule has 0 heterocycles. The molecule has 1 aliphatic rings. The standard InChI is InChI=1S/C13H11NO3.2C4H9.Sn/c15-12-6-5-9-3-1-2-4-10(9)11(12)7-14-8-13(16)17;2*1-3-4-2;/h1-7,14H,8H2,(H,16,17);2*1,3-4H2,2H3;. The van der Waals surface area contributed by atoms with Crippen molar-refractivity contribution in [3.05, 3.63) is 47.7 Å². The Balaban J connectivity index is 0.000000321. The summed E-state index contributed by atoms with van der Waals surface area (Å²) in [5, 5.41) is 11.1. The van der Waals surface area contributed by atoms with Crippen LogP contribution < -0.4 is 5.32 Å². The van der Waals surface area contributed by atoms with Crippen molar-refractivity contribution < 1.29 is 14.7 Å². The third kappa shape index (κ3) is 8.70. The maximum atomic E-state index is 11.7. The largest absolute Gasteiger partial charge is 0.480 e. The third-order valence-corrected chi connectivity index (χ3v) is 7.88. The van der Waals surface area contributed by atoms with Crippen LogP contribution in [0.15, 0.2) is 36.5 Å². The maximum Gasteiger partial charge on any atom is 0.322 e. The van der Waals surface area contributed by atoms with Gasteiger partial charge in [-0.3, -0.25) is 9.59 Å². The zero-order valence-electron chi connectivity index (χ0n) is 15.8. The van der Waals surface area contributed by atoms with Crippen molar-refractivity contribution in [3.8, 4) is 0 Å². The molecule has 0 aliphatic heterocycles. The van der Waals surface area contributed by atoms with Gasteiger partial charge in [0.15, 0.2) is 5.78 Å². The number of fused-ring (bicyclic) bond motifs is 1. The molecule has 0 spiro atoms. The van der Waals surface area contributed by atoms with Crippen molar-refractivity contribution in [2.75, 3.05) is 6.54 Å². The SMILES string of the molecule is CCC[CH2][Sn][CH2]CCC.O=C(O)CNC=C1C(=O)C=Cc2ccccc21. The molecule has 0 fully saturated rings. The Morgan fingerprint density at radius 2 is 1.77 bits per heavy atom. The summed E-state index contributed by atoms with van der Waals surface area (Å²) in [7, 11) is 0. The number of unbranched alkanes of at least 4 members (excludes halogenated alkanes) is 2. The van der Waals surface area contributed by atoms with Crippen molar-refractivity contribution in [3.63, 3.8) is 0 Å². The van der Waals surface area contributed by atoms with E-state index >= 15 is 0 Å². The smallest absolute Gasteiger partial charge is 0.322 e. The minimum absolute atomic E-state index is 0.124. The van der Waals surface area contributed by atoms with Gasteiger partial charge in [0.05, 0.1) is 0 Å². The number of carbonyl (C=O) groups is 2. The zero-order chi connectivity index (χ0) is 19.2. The van der Waals surface area contributed by atoms with E-state index in [1.807, 2.05) is 24.3 Å². The van der Waals surface area contributed by atoms with Gasteiger partial charge in [-0.15, -0.1) is 0 Å². The van der Waals surface area contributed by atoms with Crippen LogP contribution in [0.1, 0.15) is 50.7 Å². The molecule has 0 amide bonds. The predicted octanol–water partition coefficient (Wildman–Crippen LogP) is 4.43. The normalized spacial score (nSPS) is 13.8. The van der Waals surface area contributed by atoms with Gasteiger partial charge in [-0.2, -0.15) is 0 Å². The summed E-state index contributed by atoms with van der Waals surface area (Å²) < 4.78 is 3.25. The summed E-state index contributed by atoms with van der Waals surface area (Å²) in [5.41, 5.74) is 2.26. The molecule has 0 saturated heterocycles. The molecule has 0 saturated carbocycles. The van der Waals surface area contributed by atoms with Crippen molar-refractivity contribution >= 4 is 44.5 Å². The first-order valence-electron chi connectivity index (χ1n) is 9.28. The molecule has 0 unspecified atom stereocenters. The molecule has 140 valence electrons. The zero-order valence-corrected chi connectivity index (χ0v) is 18.6. The molecule has 2 N–H and O–H groups in total. The number of carboxylic acid groups (broad SMARTS) is 1. The van der Waals surface area contributed by atoms with Gasteiger partial charge in [0.25, 0.3) is 0 Å². The van der Waals surface area contributed by atoms with Gasteiger partial charge in [0, 0.05) is 11.8 Å². The molecule has 4 nitrogen and oxygen atoms in total. The summed E-state index contributed by atoms with van der Waals surface area (Å²) in [6, 6.07) is 7.48. The van der Waals surface area contributed by atoms with Crippen LogP contribution in [0.3, 0.4) is 0 Å². The van der Waals surface area contributed by atoms with Crippen molar-refractivity contribution in [1.82, 2.24) is 5.32 Å². The van der Waals surface area contributed by atoms with Crippen LogP contribution in [0, 0.1) is 0 Å². The number of hydrogen-bond acceptors (Lipinski definition) is 3. The summed E-state index contributed by atoms with van der Waals surface area (Å²) in [6.45, 7) is 4.38. The summed E-state index contributed by atoms with van der Waals surface area (Å²) in [6.07, 6.45) is 10.5. The van der Waals surface area contributed by atoms with Gasteiger partial charge >= 0.3 is 75.5 Å². The van der Waals surface area contributed by atoms with E-state index in [9.17, 15) is 9.59 Å². The van der Waals surface area contributed by atoms with E-state index < -0.39 is 5.97 Å². The van der Waals surface area contributed by atoms with E-state index in [2.05, 4.69) is 19.2 Å². The van der Waals surface area contributed by atoms with Gasteiger partial charge in [-0.05, 0) is 17.2 Å². The second-order valence-electron chi connectivity index (χ2n) is 6.07. The topological polar surface area (TPSA) is 66.4 Å². The van der Waals surface area contributed by atoms with E-state index in [4.69, 9.17) is 5.11 Å². The fraction of sp³-hybridized carbons (Fsp3) is 0.429. The predicted molar refractivity (Wildman–Crippen MR) is 109 cm³/mol. The molecule has 1 aromatic rings. The van der Waals surface area contributed by atoms with E-state index in [-0.39, 0.29) is 33.5 Å². The van der Waals surface area contributed by atoms with Gasteiger partial charge in [0.2, 0.25) is 0 Å². The summed E-state index contributed by atoms with van der Waals surface area (Å²) in [4.78, 5) is 22.1. The van der Waals surface area contributed by atoms with Crippen LogP contribution in [0.5, 0.6) is 0 Å². The van der Waals surface area contributed by atoms with Crippen molar-refractivity contribution in [1.29, 1.82) is 0 Å². The Labute approximate surface area is 167 Å². The number of aliphatic carboxylic acids is 1. The Morgan fingerprint density at radius 3 is 2.38 bits per heavy atom. The van der Waals surface area contributed by atoms with Crippen LogP contribution in [-0.4, -0.2) is 44.5 Å². The Morgan fingerprint density at radius 1 is 1.12 bits per heavy atom. The fourth-order valence-electron chi connectivity index (χ4n) is 2.39.